The van der Waals surface area contributed by atoms with Crippen LogP contribution in [0.4, 0.5) is 0 Å². The molecule has 1 unspecified atom stereocenters. The third kappa shape index (κ3) is 2.81. The topological polar surface area (TPSA) is 110 Å². The predicted octanol–water partition coefficient (Wildman–Crippen LogP) is -0.135. The van der Waals surface area contributed by atoms with Crippen LogP contribution in [0, 0.1) is 0 Å². The molecule has 1 fully saturated rings. The van der Waals surface area contributed by atoms with Gasteiger partial charge in [0.25, 0.3) is 0 Å². The number of aliphatic carboxylic acids is 1. The Hall–Kier alpha value is -1.15. The fourth-order valence-electron chi connectivity index (χ4n) is 1.99. The van der Waals surface area contributed by atoms with Crippen LogP contribution in [-0.2, 0) is 24.3 Å². The first-order valence-corrected chi connectivity index (χ1v) is 7.14. The van der Waals surface area contributed by atoms with Crippen LogP contribution in [0.3, 0.4) is 0 Å². The van der Waals surface area contributed by atoms with Crippen molar-refractivity contribution < 1.29 is 27.9 Å². The Kier molecular flexibility index (Phi) is 4.33. The van der Waals surface area contributed by atoms with Crippen LogP contribution in [0.5, 0.6) is 0 Å². The van der Waals surface area contributed by atoms with Crippen LogP contribution < -0.4 is 4.72 Å². The molecule has 0 bridgehead atoms. The first-order valence-electron chi connectivity index (χ1n) is 5.59. The smallest absolute Gasteiger partial charge is 0.325 e. The van der Waals surface area contributed by atoms with Gasteiger partial charge in [-0.05, 0) is 19.8 Å². The number of carboxylic acid groups (broad SMARTS) is 1. The number of rotatable bonds is 5. The molecule has 0 aromatic rings. The lowest BCUT2D eigenvalue weighted by Crippen LogP contribution is -2.55. The van der Waals surface area contributed by atoms with Crippen molar-refractivity contribution in [3.8, 4) is 0 Å². The van der Waals surface area contributed by atoms with Gasteiger partial charge in [0.05, 0.1) is 7.11 Å². The molecule has 18 heavy (non-hydrogen) atoms. The van der Waals surface area contributed by atoms with Gasteiger partial charge in [-0.1, -0.05) is 12.8 Å². The van der Waals surface area contributed by atoms with E-state index in [2.05, 4.69) is 9.46 Å². The summed E-state index contributed by atoms with van der Waals surface area (Å²) in [5.41, 5.74) is -1.49. The lowest BCUT2D eigenvalue weighted by atomic mass is 10.0. The normalized spacial score (nSPS) is 20.3. The van der Waals surface area contributed by atoms with Crippen LogP contribution >= 0.6 is 0 Å². The van der Waals surface area contributed by atoms with Gasteiger partial charge in [0.2, 0.25) is 10.0 Å². The molecule has 104 valence electrons. The van der Waals surface area contributed by atoms with Crippen molar-refractivity contribution in [3.05, 3.63) is 0 Å². The highest BCUT2D eigenvalue weighted by atomic mass is 32.2. The lowest BCUT2D eigenvalue weighted by molar-refractivity contribution is -0.144. The second-order valence-electron chi connectivity index (χ2n) is 4.41. The monoisotopic (exact) mass is 279 g/mol. The summed E-state index contributed by atoms with van der Waals surface area (Å²) in [7, 11) is -2.98. The Morgan fingerprint density at radius 2 is 1.83 bits per heavy atom. The van der Waals surface area contributed by atoms with Gasteiger partial charge in [-0.25, -0.2) is 8.42 Å². The molecule has 1 aliphatic rings. The number of ether oxygens (including phenoxy) is 1. The second kappa shape index (κ2) is 5.23. The van der Waals surface area contributed by atoms with E-state index in [4.69, 9.17) is 5.11 Å². The Balaban J connectivity index is 2.94. The number of carboxylic acids is 1. The van der Waals surface area contributed by atoms with Gasteiger partial charge in [-0.15, -0.1) is 0 Å². The molecule has 0 radical (unpaired) electrons. The first-order chi connectivity index (χ1) is 8.25. The third-order valence-electron chi connectivity index (χ3n) is 3.20. The Bertz CT molecular complexity index is 437. The Morgan fingerprint density at radius 1 is 1.33 bits per heavy atom. The summed E-state index contributed by atoms with van der Waals surface area (Å²) in [6, 6.07) is 0. The number of hydrogen-bond donors (Lipinski definition) is 2. The molecule has 1 atom stereocenters. The molecule has 7 nitrogen and oxygen atoms in total. The number of sulfonamides is 1. The minimum atomic E-state index is -4.06. The minimum absolute atomic E-state index is 0.232. The molecule has 0 aromatic heterocycles. The van der Waals surface area contributed by atoms with Gasteiger partial charge in [0, 0.05) is 0 Å². The summed E-state index contributed by atoms with van der Waals surface area (Å²) in [5.74, 6) is -2.12. The molecular formula is C10H17NO6S. The van der Waals surface area contributed by atoms with Crippen molar-refractivity contribution in [1.82, 2.24) is 4.72 Å². The van der Waals surface area contributed by atoms with Crippen molar-refractivity contribution >= 4 is 22.0 Å². The number of hydrogen-bond acceptors (Lipinski definition) is 5. The highest BCUT2D eigenvalue weighted by Crippen LogP contribution is 2.31. The maximum Gasteiger partial charge on any atom is 0.325 e. The number of esters is 1. The molecule has 0 aromatic carbocycles. The van der Waals surface area contributed by atoms with E-state index in [1.54, 1.807) is 0 Å². The zero-order valence-corrected chi connectivity index (χ0v) is 11.1. The van der Waals surface area contributed by atoms with E-state index in [-0.39, 0.29) is 12.8 Å². The molecule has 0 heterocycles. The molecule has 8 heteroatoms. The van der Waals surface area contributed by atoms with Crippen molar-refractivity contribution in [3.63, 3.8) is 0 Å². The molecule has 1 saturated carbocycles. The number of carbonyl (C=O) groups excluding carboxylic acids is 1. The SMILES string of the molecule is COC(=O)C(C)S(=O)(=O)NC1(C(=O)O)CCCC1. The van der Waals surface area contributed by atoms with E-state index in [9.17, 15) is 18.0 Å². The largest absolute Gasteiger partial charge is 0.480 e. The summed E-state index contributed by atoms with van der Waals surface area (Å²) in [5, 5.41) is 7.73. The molecule has 0 saturated heterocycles. The highest BCUT2D eigenvalue weighted by molar-refractivity contribution is 7.90. The van der Waals surface area contributed by atoms with Gasteiger partial charge in [0.1, 0.15) is 5.54 Å². The number of nitrogens with one attached hydrogen (secondary N) is 1. The average molecular weight is 279 g/mol. The van der Waals surface area contributed by atoms with E-state index >= 15 is 0 Å². The van der Waals surface area contributed by atoms with Crippen molar-refractivity contribution in [1.29, 1.82) is 0 Å². The van der Waals surface area contributed by atoms with E-state index < -0.39 is 32.8 Å². The minimum Gasteiger partial charge on any atom is -0.480 e. The summed E-state index contributed by atoms with van der Waals surface area (Å²) in [4.78, 5) is 22.4. The molecule has 0 amide bonds. The highest BCUT2D eigenvalue weighted by Gasteiger charge is 2.46. The van der Waals surface area contributed by atoms with E-state index in [1.165, 1.54) is 6.92 Å². The zero-order valence-electron chi connectivity index (χ0n) is 10.3. The lowest BCUT2D eigenvalue weighted by Gasteiger charge is -2.26. The van der Waals surface area contributed by atoms with Gasteiger partial charge in [-0.2, -0.15) is 4.72 Å². The van der Waals surface area contributed by atoms with E-state index in [1.807, 2.05) is 0 Å². The predicted molar refractivity (Wildman–Crippen MR) is 62.4 cm³/mol. The summed E-state index contributed by atoms with van der Waals surface area (Å²) < 4.78 is 30.3. The van der Waals surface area contributed by atoms with Gasteiger partial charge < -0.3 is 9.84 Å². The summed E-state index contributed by atoms with van der Waals surface area (Å²) in [6.45, 7) is 1.17. The van der Waals surface area contributed by atoms with Gasteiger partial charge >= 0.3 is 11.9 Å². The fourth-order valence-corrected chi connectivity index (χ4v) is 3.35. The second-order valence-corrected chi connectivity index (χ2v) is 6.41. The van der Waals surface area contributed by atoms with Crippen molar-refractivity contribution in [2.24, 2.45) is 0 Å². The van der Waals surface area contributed by atoms with Gasteiger partial charge in [0.15, 0.2) is 5.25 Å². The molecule has 2 N–H and O–H groups in total. The maximum absolute atomic E-state index is 11.9. The fraction of sp³-hybridized carbons (Fsp3) is 0.800. The van der Waals surface area contributed by atoms with Crippen LogP contribution in [-0.4, -0.2) is 43.4 Å². The molecule has 1 rings (SSSR count). The number of methoxy groups -OCH3 is 1. The van der Waals surface area contributed by atoms with Crippen molar-refractivity contribution in [2.75, 3.05) is 7.11 Å². The quantitative estimate of drug-likeness (QED) is 0.678. The third-order valence-corrected chi connectivity index (χ3v) is 5.00. The molecule has 1 aliphatic carbocycles. The van der Waals surface area contributed by atoms with Gasteiger partial charge in [-0.3, -0.25) is 9.59 Å². The van der Waals surface area contributed by atoms with E-state index in [0.29, 0.717) is 12.8 Å². The first kappa shape index (κ1) is 14.9. The van der Waals surface area contributed by atoms with Crippen LogP contribution in [0.1, 0.15) is 32.6 Å². The summed E-state index contributed by atoms with van der Waals surface area (Å²) in [6.07, 6.45) is 1.74. The van der Waals surface area contributed by atoms with Crippen LogP contribution in [0.2, 0.25) is 0 Å². The molecular weight excluding hydrogens is 262 g/mol. The number of carbonyl (C=O) groups is 2. The zero-order chi connectivity index (χ0) is 14.0. The van der Waals surface area contributed by atoms with Crippen molar-refractivity contribution in [2.45, 2.75) is 43.4 Å². The average Bonchev–Trinajstić information content (AvgIpc) is 2.76. The van der Waals surface area contributed by atoms with Crippen LogP contribution in [0.15, 0.2) is 0 Å². The molecule has 0 aliphatic heterocycles. The standard InChI is InChI=1S/C10H17NO6S/c1-7(8(12)17-2)18(15,16)11-10(9(13)14)5-3-4-6-10/h7,11H,3-6H2,1-2H3,(H,13,14). The van der Waals surface area contributed by atoms with E-state index in [0.717, 1.165) is 7.11 Å². The summed E-state index contributed by atoms with van der Waals surface area (Å²) >= 11 is 0. The Morgan fingerprint density at radius 3 is 2.22 bits per heavy atom. The Labute approximate surface area is 106 Å². The van der Waals surface area contributed by atoms with Crippen LogP contribution in [0.25, 0.3) is 0 Å². The maximum atomic E-state index is 11.9. The molecule has 0 spiro atoms.